The zero-order valence-corrected chi connectivity index (χ0v) is 17.1. The van der Waals surface area contributed by atoms with Crippen molar-refractivity contribution in [2.75, 3.05) is 17.6 Å². The summed E-state index contributed by atoms with van der Waals surface area (Å²) in [5.41, 5.74) is 3.13. The number of guanidine groups is 1. The number of hydrogen-bond acceptors (Lipinski definition) is 3. The largest absolute Gasteiger partial charge is 0.355 e. The maximum absolute atomic E-state index is 11.1. The van der Waals surface area contributed by atoms with Gasteiger partial charge in [0.25, 0.3) is 0 Å². The lowest BCUT2D eigenvalue weighted by Crippen LogP contribution is -2.35. The van der Waals surface area contributed by atoms with Crippen LogP contribution >= 0.6 is 24.0 Å². The molecule has 0 saturated heterocycles. The van der Waals surface area contributed by atoms with Crippen LogP contribution in [0.15, 0.2) is 59.6 Å². The molecule has 0 saturated carbocycles. The Balaban J connectivity index is 0.00000312. The van der Waals surface area contributed by atoms with Crippen molar-refractivity contribution < 1.29 is 8.42 Å². The van der Waals surface area contributed by atoms with Gasteiger partial charge in [-0.15, -0.1) is 24.0 Å². The Kier molecular flexibility index (Phi) is 8.87. The molecule has 0 spiro atoms. The van der Waals surface area contributed by atoms with E-state index >= 15 is 0 Å². The predicted molar refractivity (Wildman–Crippen MR) is 114 cm³/mol. The van der Waals surface area contributed by atoms with Gasteiger partial charge in [0.1, 0.15) is 0 Å². The molecule has 0 aromatic heterocycles. The van der Waals surface area contributed by atoms with Crippen LogP contribution in [-0.2, 0) is 16.6 Å². The summed E-state index contributed by atoms with van der Waals surface area (Å²) < 4.78 is 22.1. The van der Waals surface area contributed by atoms with Gasteiger partial charge in [-0.2, -0.15) is 0 Å². The number of sulfonamides is 1. The normalized spacial score (nSPS) is 11.5. The Morgan fingerprint density at radius 1 is 1.08 bits per heavy atom. The molecule has 2 aromatic rings. The molecule has 0 unspecified atom stereocenters. The van der Waals surface area contributed by atoms with E-state index in [2.05, 4.69) is 15.6 Å². The highest BCUT2D eigenvalue weighted by Gasteiger charge is 2.05. The minimum Gasteiger partial charge on any atom is -0.355 e. The summed E-state index contributed by atoms with van der Waals surface area (Å²) in [5.74, 6) is 0.345. The van der Waals surface area contributed by atoms with Crippen molar-refractivity contribution in [2.45, 2.75) is 13.5 Å². The van der Waals surface area contributed by atoms with Crippen LogP contribution in [0.4, 0.5) is 5.69 Å². The van der Waals surface area contributed by atoms with Crippen molar-refractivity contribution in [3.63, 3.8) is 0 Å². The van der Waals surface area contributed by atoms with Gasteiger partial charge in [-0.3, -0.25) is 0 Å². The first-order chi connectivity index (χ1) is 11.4. The van der Waals surface area contributed by atoms with Gasteiger partial charge in [0.05, 0.1) is 12.3 Å². The summed E-state index contributed by atoms with van der Waals surface area (Å²) in [4.78, 5) is 4.50. The Labute approximate surface area is 166 Å². The lowest BCUT2D eigenvalue weighted by Gasteiger charge is -2.12. The van der Waals surface area contributed by atoms with Crippen LogP contribution in [-0.4, -0.2) is 26.7 Å². The molecule has 0 aliphatic heterocycles. The summed E-state index contributed by atoms with van der Waals surface area (Å²) in [7, 11) is -3.51. The highest BCUT2D eigenvalue weighted by Crippen LogP contribution is 2.07. The number of benzene rings is 2. The fourth-order valence-electron chi connectivity index (χ4n) is 1.97. The second-order valence-corrected chi connectivity index (χ2v) is 7.17. The smallest absolute Gasteiger partial charge is 0.210 e. The van der Waals surface area contributed by atoms with E-state index in [-0.39, 0.29) is 36.3 Å². The zero-order valence-electron chi connectivity index (χ0n) is 14.0. The van der Waals surface area contributed by atoms with Crippen LogP contribution in [0.2, 0.25) is 0 Å². The van der Waals surface area contributed by atoms with Gasteiger partial charge in [0.2, 0.25) is 10.0 Å². The topological polar surface area (TPSA) is 96.6 Å². The fourth-order valence-corrected chi connectivity index (χ4v) is 2.36. The van der Waals surface area contributed by atoms with E-state index in [1.54, 1.807) is 0 Å². The molecule has 25 heavy (non-hydrogen) atoms. The van der Waals surface area contributed by atoms with Crippen molar-refractivity contribution in [3.8, 4) is 0 Å². The Morgan fingerprint density at radius 2 is 1.72 bits per heavy atom. The van der Waals surface area contributed by atoms with Gasteiger partial charge in [-0.05, 0) is 24.6 Å². The molecule has 0 aliphatic rings. The van der Waals surface area contributed by atoms with Gasteiger partial charge in [-0.1, -0.05) is 48.0 Å². The highest BCUT2D eigenvalue weighted by atomic mass is 127. The van der Waals surface area contributed by atoms with Crippen molar-refractivity contribution in [3.05, 3.63) is 65.7 Å². The van der Waals surface area contributed by atoms with E-state index in [1.807, 2.05) is 61.5 Å². The number of nitrogens with zero attached hydrogens (tertiary/aromatic N) is 1. The molecular weight excluding hydrogens is 451 g/mol. The fraction of sp³-hybridized carbons (Fsp3) is 0.235. The minimum atomic E-state index is -3.51. The summed E-state index contributed by atoms with van der Waals surface area (Å²) in [5, 5.41) is 11.2. The third-order valence-electron chi connectivity index (χ3n) is 3.26. The van der Waals surface area contributed by atoms with E-state index < -0.39 is 10.0 Å². The molecule has 4 N–H and O–H groups in total. The van der Waals surface area contributed by atoms with Gasteiger partial charge < -0.3 is 10.6 Å². The molecular formula is C17H23IN4O2S. The van der Waals surface area contributed by atoms with Gasteiger partial charge >= 0.3 is 0 Å². The van der Waals surface area contributed by atoms with E-state index in [1.165, 1.54) is 5.56 Å². The van der Waals surface area contributed by atoms with Crippen molar-refractivity contribution in [2.24, 2.45) is 10.1 Å². The molecule has 2 aromatic carbocycles. The molecule has 0 fully saturated rings. The first kappa shape index (κ1) is 21.4. The van der Waals surface area contributed by atoms with Crippen LogP contribution in [0.3, 0.4) is 0 Å². The number of hydrogen-bond donors (Lipinski definition) is 3. The van der Waals surface area contributed by atoms with Crippen LogP contribution < -0.4 is 15.8 Å². The standard InChI is InChI=1S/C17H22N4O2S.HI/c1-14-7-9-15(10-8-14)13-20-17(19-11-12-24(18,22)23)21-16-5-3-2-4-6-16;/h2-10H,11-13H2,1H3,(H2,18,22,23)(H2,19,20,21);1H. The number of rotatable bonds is 6. The quantitative estimate of drug-likeness (QED) is 0.341. The number of nitrogens with two attached hydrogens (primary N) is 1. The molecule has 8 heteroatoms. The Morgan fingerprint density at radius 3 is 2.32 bits per heavy atom. The molecule has 0 aliphatic carbocycles. The predicted octanol–water partition coefficient (Wildman–Crippen LogP) is 2.46. The molecule has 0 radical (unpaired) electrons. The minimum absolute atomic E-state index is 0. The molecule has 136 valence electrons. The number of anilines is 1. The van der Waals surface area contributed by atoms with Crippen molar-refractivity contribution >= 4 is 45.6 Å². The van der Waals surface area contributed by atoms with Gasteiger partial charge in [0, 0.05) is 12.2 Å². The monoisotopic (exact) mass is 474 g/mol. The Bertz CT molecular complexity index is 778. The molecule has 0 atom stereocenters. The second kappa shape index (κ2) is 10.4. The molecule has 0 heterocycles. The van der Waals surface area contributed by atoms with E-state index in [0.29, 0.717) is 12.5 Å². The lowest BCUT2D eigenvalue weighted by molar-refractivity contribution is 0.596. The molecule has 2 rings (SSSR count). The highest BCUT2D eigenvalue weighted by molar-refractivity contribution is 14.0. The Hall–Kier alpha value is -1.65. The number of halogens is 1. The SMILES string of the molecule is Cc1ccc(CN=C(NCCS(N)(=O)=O)Nc2ccccc2)cc1.I. The summed E-state index contributed by atoms with van der Waals surface area (Å²) >= 11 is 0. The van der Waals surface area contributed by atoms with Crippen molar-refractivity contribution in [1.82, 2.24) is 5.32 Å². The maximum atomic E-state index is 11.1. The van der Waals surface area contributed by atoms with E-state index in [9.17, 15) is 8.42 Å². The molecule has 6 nitrogen and oxygen atoms in total. The summed E-state index contributed by atoms with van der Waals surface area (Å²) in [6.45, 7) is 2.70. The third-order valence-corrected chi connectivity index (χ3v) is 4.03. The summed E-state index contributed by atoms with van der Waals surface area (Å²) in [6.07, 6.45) is 0. The average Bonchev–Trinajstić information content (AvgIpc) is 2.54. The first-order valence-electron chi connectivity index (χ1n) is 7.59. The van der Waals surface area contributed by atoms with Gasteiger partial charge in [-0.25, -0.2) is 18.5 Å². The van der Waals surface area contributed by atoms with Crippen LogP contribution in [0, 0.1) is 6.92 Å². The molecule has 0 amide bonds. The van der Waals surface area contributed by atoms with Crippen LogP contribution in [0.1, 0.15) is 11.1 Å². The lowest BCUT2D eigenvalue weighted by atomic mass is 10.1. The van der Waals surface area contributed by atoms with Crippen molar-refractivity contribution in [1.29, 1.82) is 0 Å². The number of aryl methyl sites for hydroxylation is 1. The number of aliphatic imine (C=N–C) groups is 1. The van der Waals surface area contributed by atoms with E-state index in [0.717, 1.165) is 11.3 Å². The van der Waals surface area contributed by atoms with Gasteiger partial charge in [0.15, 0.2) is 5.96 Å². The zero-order chi connectivity index (χ0) is 17.4. The number of para-hydroxylation sites is 1. The first-order valence-corrected chi connectivity index (χ1v) is 9.30. The van der Waals surface area contributed by atoms with Crippen LogP contribution in [0.25, 0.3) is 0 Å². The summed E-state index contributed by atoms with van der Waals surface area (Å²) in [6, 6.07) is 17.6. The number of nitrogens with one attached hydrogen (secondary N) is 2. The number of primary sulfonamides is 1. The average molecular weight is 474 g/mol. The maximum Gasteiger partial charge on any atom is 0.210 e. The molecule has 0 bridgehead atoms. The third kappa shape index (κ3) is 8.84. The van der Waals surface area contributed by atoms with E-state index in [4.69, 9.17) is 5.14 Å². The second-order valence-electron chi connectivity index (χ2n) is 5.44. The van der Waals surface area contributed by atoms with Crippen LogP contribution in [0.5, 0.6) is 0 Å².